The fourth-order valence-electron chi connectivity index (χ4n) is 2.56. The average molecular weight is 311 g/mol. The van der Waals surface area contributed by atoms with Gasteiger partial charge in [0.2, 0.25) is 10.0 Å². The Hall–Kier alpha value is -1.40. The molecule has 1 unspecified atom stereocenters. The number of rotatable bonds is 5. The van der Waals surface area contributed by atoms with Crippen molar-refractivity contribution in [2.24, 2.45) is 5.92 Å². The zero-order valence-corrected chi connectivity index (χ0v) is 13.2. The maximum absolute atomic E-state index is 11.6. The molecule has 21 heavy (non-hydrogen) atoms. The first-order valence-electron chi connectivity index (χ1n) is 7.04. The predicted molar refractivity (Wildman–Crippen MR) is 81.2 cm³/mol. The number of hydrogen-bond acceptors (Lipinski definition) is 4. The van der Waals surface area contributed by atoms with Crippen LogP contribution in [0.5, 0.6) is 5.75 Å². The third kappa shape index (κ3) is 4.28. The minimum Gasteiger partial charge on any atom is -0.493 e. The summed E-state index contributed by atoms with van der Waals surface area (Å²) in [4.78, 5) is 11.0. The topological polar surface area (TPSA) is 63.7 Å². The minimum atomic E-state index is -3.14. The van der Waals surface area contributed by atoms with E-state index in [9.17, 15) is 13.2 Å². The van der Waals surface area contributed by atoms with Crippen molar-refractivity contribution in [2.45, 2.75) is 19.8 Å². The van der Waals surface area contributed by atoms with Crippen LogP contribution < -0.4 is 4.74 Å². The lowest BCUT2D eigenvalue weighted by molar-refractivity contribution is 0.111. The van der Waals surface area contributed by atoms with E-state index < -0.39 is 10.0 Å². The zero-order valence-electron chi connectivity index (χ0n) is 12.4. The molecule has 5 nitrogen and oxygen atoms in total. The summed E-state index contributed by atoms with van der Waals surface area (Å²) < 4.78 is 30.4. The first-order valence-corrected chi connectivity index (χ1v) is 8.88. The number of aldehydes is 1. The molecule has 1 aliphatic rings. The lowest BCUT2D eigenvalue weighted by atomic mass is 10.0. The first kappa shape index (κ1) is 16.0. The summed E-state index contributed by atoms with van der Waals surface area (Å²) in [5, 5.41) is 0. The molecule has 0 radical (unpaired) electrons. The van der Waals surface area contributed by atoms with E-state index in [0.717, 1.165) is 24.7 Å². The van der Waals surface area contributed by atoms with Crippen LogP contribution in [0.15, 0.2) is 18.2 Å². The fourth-order valence-corrected chi connectivity index (χ4v) is 3.51. The van der Waals surface area contributed by atoms with Gasteiger partial charge in [-0.3, -0.25) is 4.79 Å². The van der Waals surface area contributed by atoms with Gasteiger partial charge in [0, 0.05) is 19.0 Å². The van der Waals surface area contributed by atoms with Crippen LogP contribution in [0, 0.1) is 12.8 Å². The van der Waals surface area contributed by atoms with Crippen molar-refractivity contribution in [2.75, 3.05) is 26.0 Å². The van der Waals surface area contributed by atoms with Crippen LogP contribution in [0.25, 0.3) is 0 Å². The van der Waals surface area contributed by atoms with Gasteiger partial charge in [-0.2, -0.15) is 0 Å². The smallest absolute Gasteiger partial charge is 0.211 e. The van der Waals surface area contributed by atoms with Crippen LogP contribution in [-0.2, 0) is 10.0 Å². The highest BCUT2D eigenvalue weighted by atomic mass is 32.2. The average Bonchev–Trinajstić information content (AvgIpc) is 2.45. The SMILES string of the molecule is Cc1ccc(OCC2CCCN(S(C)(=O)=O)C2)c(C=O)c1. The number of carbonyl (C=O) groups excluding carboxylic acids is 1. The number of carbonyl (C=O) groups is 1. The molecule has 2 rings (SSSR count). The summed E-state index contributed by atoms with van der Waals surface area (Å²) in [6, 6.07) is 5.47. The number of aryl methyl sites for hydroxylation is 1. The Bertz CT molecular complexity index is 612. The van der Waals surface area contributed by atoms with Crippen molar-refractivity contribution in [3.8, 4) is 5.75 Å². The van der Waals surface area contributed by atoms with Crippen LogP contribution in [0.3, 0.4) is 0 Å². The van der Waals surface area contributed by atoms with Crippen molar-refractivity contribution < 1.29 is 17.9 Å². The molecule has 0 spiro atoms. The van der Waals surface area contributed by atoms with Gasteiger partial charge in [-0.1, -0.05) is 11.6 Å². The van der Waals surface area contributed by atoms with E-state index in [-0.39, 0.29) is 5.92 Å². The Morgan fingerprint density at radius 1 is 1.43 bits per heavy atom. The summed E-state index contributed by atoms with van der Waals surface area (Å²) in [6.45, 7) is 3.42. The first-order chi connectivity index (χ1) is 9.90. The molecule has 1 atom stereocenters. The summed E-state index contributed by atoms with van der Waals surface area (Å²) in [5.41, 5.74) is 1.54. The summed E-state index contributed by atoms with van der Waals surface area (Å²) >= 11 is 0. The van der Waals surface area contributed by atoms with Crippen LogP contribution >= 0.6 is 0 Å². The highest BCUT2D eigenvalue weighted by molar-refractivity contribution is 7.88. The molecule has 1 heterocycles. The van der Waals surface area contributed by atoms with Gasteiger partial charge in [0.25, 0.3) is 0 Å². The second-order valence-corrected chi connectivity index (χ2v) is 7.58. The van der Waals surface area contributed by atoms with Crippen LogP contribution in [-0.4, -0.2) is 45.0 Å². The Morgan fingerprint density at radius 3 is 2.86 bits per heavy atom. The Kier molecular flexibility index (Phi) is 5.00. The van der Waals surface area contributed by atoms with Crippen LogP contribution in [0.2, 0.25) is 0 Å². The highest BCUT2D eigenvalue weighted by Gasteiger charge is 2.26. The molecule has 0 N–H and O–H groups in total. The Morgan fingerprint density at radius 2 is 2.19 bits per heavy atom. The van der Waals surface area contributed by atoms with Crippen molar-refractivity contribution in [1.82, 2.24) is 4.31 Å². The predicted octanol–water partition coefficient (Wildman–Crippen LogP) is 1.86. The largest absolute Gasteiger partial charge is 0.493 e. The van der Waals surface area contributed by atoms with Crippen molar-refractivity contribution in [3.05, 3.63) is 29.3 Å². The van der Waals surface area contributed by atoms with Gasteiger partial charge in [0.1, 0.15) is 5.75 Å². The van der Waals surface area contributed by atoms with E-state index in [1.54, 1.807) is 12.1 Å². The molecule has 116 valence electrons. The third-order valence-corrected chi connectivity index (χ3v) is 4.99. The minimum absolute atomic E-state index is 0.161. The number of nitrogens with zero attached hydrogens (tertiary/aromatic N) is 1. The molecule has 0 aromatic heterocycles. The number of ether oxygens (including phenoxy) is 1. The van der Waals surface area contributed by atoms with Gasteiger partial charge in [-0.25, -0.2) is 12.7 Å². The van der Waals surface area contributed by atoms with Crippen molar-refractivity contribution in [1.29, 1.82) is 0 Å². The lowest BCUT2D eigenvalue weighted by Crippen LogP contribution is -2.40. The maximum Gasteiger partial charge on any atom is 0.211 e. The molecule has 1 fully saturated rings. The molecule has 0 bridgehead atoms. The monoisotopic (exact) mass is 311 g/mol. The van der Waals surface area contributed by atoms with E-state index >= 15 is 0 Å². The van der Waals surface area contributed by atoms with E-state index in [1.807, 2.05) is 13.0 Å². The molecule has 0 amide bonds. The zero-order chi connectivity index (χ0) is 15.5. The van der Waals surface area contributed by atoms with Crippen molar-refractivity contribution in [3.63, 3.8) is 0 Å². The van der Waals surface area contributed by atoms with Gasteiger partial charge in [0.15, 0.2) is 6.29 Å². The summed E-state index contributed by atoms with van der Waals surface area (Å²) in [6.07, 6.45) is 3.80. The Balaban J connectivity index is 1.98. The maximum atomic E-state index is 11.6. The quantitative estimate of drug-likeness (QED) is 0.779. The van der Waals surface area contributed by atoms with E-state index in [1.165, 1.54) is 10.6 Å². The number of benzene rings is 1. The van der Waals surface area contributed by atoms with Gasteiger partial charge in [-0.05, 0) is 31.9 Å². The summed E-state index contributed by atoms with van der Waals surface area (Å²) in [7, 11) is -3.14. The highest BCUT2D eigenvalue weighted by Crippen LogP contribution is 2.22. The molecular weight excluding hydrogens is 290 g/mol. The molecule has 0 saturated carbocycles. The fraction of sp³-hybridized carbons (Fsp3) is 0.533. The molecule has 1 aromatic carbocycles. The summed E-state index contributed by atoms with van der Waals surface area (Å²) in [5.74, 6) is 0.723. The van der Waals surface area contributed by atoms with Crippen molar-refractivity contribution >= 4 is 16.3 Å². The van der Waals surface area contributed by atoms with Gasteiger partial charge in [0.05, 0.1) is 18.4 Å². The number of piperidine rings is 1. The van der Waals surface area contributed by atoms with E-state index in [2.05, 4.69) is 0 Å². The van der Waals surface area contributed by atoms with E-state index in [4.69, 9.17) is 4.74 Å². The lowest BCUT2D eigenvalue weighted by Gasteiger charge is -2.30. The normalized spacial score (nSPS) is 20.2. The molecule has 1 aliphatic heterocycles. The third-order valence-electron chi connectivity index (χ3n) is 3.72. The molecular formula is C15H21NO4S. The second kappa shape index (κ2) is 6.58. The van der Waals surface area contributed by atoms with Gasteiger partial charge < -0.3 is 4.74 Å². The van der Waals surface area contributed by atoms with Crippen LogP contribution in [0.4, 0.5) is 0 Å². The number of hydrogen-bond donors (Lipinski definition) is 0. The van der Waals surface area contributed by atoms with E-state index in [0.29, 0.717) is 31.0 Å². The number of sulfonamides is 1. The Labute approximate surface area is 126 Å². The molecule has 1 saturated heterocycles. The molecule has 1 aromatic rings. The standard InChI is InChI=1S/C15H21NO4S/c1-12-5-6-15(14(8-12)10-17)20-11-13-4-3-7-16(9-13)21(2,18)19/h5-6,8,10,13H,3-4,7,9,11H2,1-2H3. The second-order valence-electron chi connectivity index (χ2n) is 5.60. The molecule has 6 heteroatoms. The van der Waals surface area contributed by atoms with Gasteiger partial charge >= 0.3 is 0 Å². The molecule has 0 aliphatic carbocycles. The van der Waals surface area contributed by atoms with Crippen LogP contribution in [0.1, 0.15) is 28.8 Å². The van der Waals surface area contributed by atoms with Gasteiger partial charge in [-0.15, -0.1) is 0 Å².